The molecule has 137 heavy (non-hydrogen) atoms. The number of hydrogen-bond donors (Lipinski definition) is 9. The number of nitrogen functional groups attached to an aromatic ring is 1. The van der Waals surface area contributed by atoms with Gasteiger partial charge in [0, 0.05) is 183 Å². The molecule has 0 spiro atoms. The number of amides is 7. The van der Waals surface area contributed by atoms with Gasteiger partial charge in [-0.1, -0.05) is 0 Å². The lowest BCUT2D eigenvalue weighted by Crippen LogP contribution is -2.27. The highest BCUT2D eigenvalue weighted by Crippen LogP contribution is 2.29. The first kappa shape index (κ1) is 105. The topological polar surface area (TPSA) is 538 Å². The highest BCUT2D eigenvalue weighted by molar-refractivity contribution is 6.09. The summed E-state index contributed by atoms with van der Waals surface area (Å²) in [6, 6.07) is 17.4. The molecular formula is C90H107ClN20O26. The average Bonchev–Trinajstić information content (AvgIpc) is 1.67. The van der Waals surface area contributed by atoms with Gasteiger partial charge in [-0.3, -0.25) is 35.1 Å². The number of aromatic carboxylic acids is 1. The van der Waals surface area contributed by atoms with Crippen molar-refractivity contribution in [2.45, 2.75) is 79.1 Å². The van der Waals surface area contributed by atoms with Gasteiger partial charge in [-0.15, -0.1) is 12.4 Å². The standard InChI is InChI=1S/2C24H29N5O7.C23H27N5O7.C19H21N5O5.ClH/c2*1-24(2,3)36-23(33)26-15-8-17(27(4)12-15)20(30)25-14-9-18(28(5)11-14)22(32)35-16-10-19(21(31)34-7)29(6)13-16;1-23(2,3)35-22(33)25-14-7-16(26(4)11-14)19(29)24-13-8-18(27(5)10-13)21(32)34-15-9-17(20(30)31)28(6)12-15;1-22-8-11(20)5-14(22)17(25)21-12-6-15(23(2)9-12)19(27)29-13-7-16(18(26)28-4)24(3)10-13;/h2*8-13H,1-7H3,(H,25,30)(H,26,33);7-12H,1-6H3,(H,24,29)(H,25,33)(H,30,31);5-10H,20H2,1-4H3,(H,21,25);1H. The number of nitrogens with two attached hydrogens (primary N) is 1. The minimum atomic E-state index is -1.15. The molecule has 12 aromatic heterocycles. The lowest BCUT2D eigenvalue weighted by molar-refractivity contribution is 0.0581. The Morgan fingerprint density at radius 2 is 0.423 bits per heavy atom. The Labute approximate surface area is 789 Å². The molecule has 12 aromatic rings. The van der Waals surface area contributed by atoms with Crippen LogP contribution in [-0.2, 0) is 113 Å². The van der Waals surface area contributed by atoms with E-state index < -0.39 is 101 Å². The number of anilines is 8. The Kier molecular flexibility index (Phi) is 33.4. The molecule has 12 heterocycles. The summed E-state index contributed by atoms with van der Waals surface area (Å²) in [4.78, 5) is 184. The van der Waals surface area contributed by atoms with Crippen LogP contribution in [0.5, 0.6) is 23.0 Å². The van der Waals surface area contributed by atoms with E-state index in [1.54, 1.807) is 203 Å². The van der Waals surface area contributed by atoms with Gasteiger partial charge in [-0.25, -0.2) is 52.7 Å². The largest absolute Gasteiger partial charge is 0.477 e. The number of carboxylic acid groups (broad SMARTS) is 1. The highest BCUT2D eigenvalue weighted by atomic mass is 35.5. The van der Waals surface area contributed by atoms with Crippen molar-refractivity contribution in [3.05, 3.63) is 215 Å². The maximum atomic E-state index is 12.8. The van der Waals surface area contributed by atoms with Gasteiger partial charge in [0.25, 0.3) is 23.6 Å². The van der Waals surface area contributed by atoms with Crippen LogP contribution < -0.4 is 61.9 Å². The smallest absolute Gasteiger partial charge is 0.412 e. The SMILES string of the molecule is COC(=O)c1cc(OC(=O)c2cc(NC(=O)c3cc(N)cn3C)cn2C)cn1C.COC(=O)c1cc(OC(=O)c2cc(NC(=O)c3cc(NC(=O)OC(C)(C)C)cn3C)cn2C)cn1C.COC(=O)c1cc(OC(=O)c2cc(NC(=O)c3cc(NC(=O)OC(C)(C)C)cn3C)cn2C)cn1C.Cl.Cn1cc(OC(=O)c2cc(NC(=O)c3cc(NC(=O)OC(C)(C)C)cn3C)cn2C)cc1C(=O)O. The summed E-state index contributed by atoms with van der Waals surface area (Å²) in [6.45, 7) is 15.7. The predicted molar refractivity (Wildman–Crippen MR) is 499 cm³/mol. The molecule has 12 rings (SSSR count). The van der Waals surface area contributed by atoms with Crippen LogP contribution in [0.4, 0.5) is 59.9 Å². The third kappa shape index (κ3) is 28.2. The van der Waals surface area contributed by atoms with Crippen LogP contribution in [0, 0.1) is 0 Å². The number of halogens is 1. The van der Waals surface area contributed by atoms with E-state index in [1.807, 2.05) is 0 Å². The molecule has 0 fully saturated rings. The lowest BCUT2D eigenvalue weighted by Gasteiger charge is -2.19. The molecule has 7 amide bonds. The number of carbonyl (C=O) groups is 15. The van der Waals surface area contributed by atoms with Gasteiger partial charge >= 0.3 is 66.0 Å². The number of carbonyl (C=O) groups excluding carboxylic acids is 14. The summed E-state index contributed by atoms with van der Waals surface area (Å²) in [5, 5.41) is 27.7. The van der Waals surface area contributed by atoms with Crippen LogP contribution in [0.3, 0.4) is 0 Å². The number of hydrogen-bond acceptors (Lipinski definition) is 26. The Bertz CT molecular complexity index is 6420. The van der Waals surface area contributed by atoms with Crippen LogP contribution in [0.25, 0.3) is 0 Å². The maximum Gasteiger partial charge on any atom is 0.412 e. The maximum absolute atomic E-state index is 12.8. The zero-order chi connectivity index (χ0) is 101. The van der Waals surface area contributed by atoms with Gasteiger partial charge in [0.1, 0.15) is 108 Å². The van der Waals surface area contributed by atoms with Crippen LogP contribution in [0.2, 0.25) is 0 Å². The number of ether oxygens (including phenoxy) is 10. The summed E-state index contributed by atoms with van der Waals surface area (Å²) < 4.78 is 69.1. The second kappa shape index (κ2) is 43.5. The summed E-state index contributed by atoms with van der Waals surface area (Å²) in [5.74, 6) is -6.65. The van der Waals surface area contributed by atoms with Crippen molar-refractivity contribution in [1.82, 2.24) is 54.8 Å². The molecule has 0 aliphatic carbocycles. The fourth-order valence-electron chi connectivity index (χ4n) is 12.9. The first-order valence-electron chi connectivity index (χ1n) is 40.8. The number of rotatable bonds is 23. The van der Waals surface area contributed by atoms with Crippen molar-refractivity contribution >= 4 is 148 Å². The van der Waals surface area contributed by atoms with E-state index in [0.717, 1.165) is 0 Å². The van der Waals surface area contributed by atoms with Crippen molar-refractivity contribution in [1.29, 1.82) is 0 Å². The van der Waals surface area contributed by atoms with E-state index in [4.69, 9.17) is 53.5 Å². The van der Waals surface area contributed by atoms with Gasteiger partial charge in [0.05, 0.1) is 66.8 Å². The van der Waals surface area contributed by atoms with Gasteiger partial charge in [-0.05, 0) is 111 Å². The monoisotopic (exact) mass is 1920 g/mol. The second-order valence-electron chi connectivity index (χ2n) is 33.6. The van der Waals surface area contributed by atoms with E-state index in [-0.39, 0.29) is 104 Å². The minimum absolute atomic E-state index is 0. The third-order valence-electron chi connectivity index (χ3n) is 19.0. The normalized spacial score (nSPS) is 10.9. The molecule has 46 nitrogen and oxygen atoms in total. The van der Waals surface area contributed by atoms with Crippen LogP contribution in [0.15, 0.2) is 147 Å². The minimum Gasteiger partial charge on any atom is -0.477 e. The van der Waals surface area contributed by atoms with Crippen LogP contribution >= 0.6 is 12.4 Å². The molecule has 0 saturated heterocycles. The summed E-state index contributed by atoms with van der Waals surface area (Å²) in [5.41, 5.74) is 9.40. The Hall–Kier alpha value is -17.1. The molecule has 0 bridgehead atoms. The molecule has 0 aliphatic rings. The summed E-state index contributed by atoms with van der Waals surface area (Å²) >= 11 is 0. The fraction of sp³-hybridized carbons (Fsp3) is 0.300. The molecule has 0 saturated carbocycles. The molecular weight excluding hydrogens is 1810 g/mol. The van der Waals surface area contributed by atoms with Gasteiger partial charge in [0.2, 0.25) is 0 Å². The van der Waals surface area contributed by atoms with Gasteiger partial charge < -0.3 is 134 Å². The fourth-order valence-corrected chi connectivity index (χ4v) is 12.9. The van der Waals surface area contributed by atoms with E-state index in [0.29, 0.717) is 51.2 Å². The Morgan fingerprint density at radius 3 is 0.620 bits per heavy atom. The van der Waals surface area contributed by atoms with Crippen molar-refractivity contribution in [2.75, 3.05) is 64.3 Å². The number of methoxy groups -OCH3 is 3. The first-order chi connectivity index (χ1) is 63.5. The molecule has 10 N–H and O–H groups in total. The zero-order valence-electron chi connectivity index (χ0n) is 79.4. The number of aryl methyl sites for hydroxylation is 12. The number of carboxylic acids is 1. The van der Waals surface area contributed by atoms with Crippen molar-refractivity contribution in [3.63, 3.8) is 0 Å². The van der Waals surface area contributed by atoms with Gasteiger partial charge in [-0.2, -0.15) is 0 Å². The van der Waals surface area contributed by atoms with Crippen molar-refractivity contribution in [2.24, 2.45) is 84.6 Å². The third-order valence-corrected chi connectivity index (χ3v) is 19.0. The van der Waals surface area contributed by atoms with Crippen LogP contribution in [-0.4, -0.2) is 188 Å². The predicted octanol–water partition coefficient (Wildman–Crippen LogP) is 11.8. The second-order valence-corrected chi connectivity index (χ2v) is 33.6. The average molecular weight is 1920 g/mol. The Balaban J connectivity index is 0.000000224. The Morgan fingerprint density at radius 1 is 0.248 bits per heavy atom. The van der Waals surface area contributed by atoms with Crippen LogP contribution in [0.1, 0.15) is 188 Å². The summed E-state index contributed by atoms with van der Waals surface area (Å²) in [6.07, 6.45) is 16.5. The zero-order valence-corrected chi connectivity index (χ0v) is 80.2. The van der Waals surface area contributed by atoms with E-state index in [1.165, 1.54) is 167 Å². The molecule has 47 heteroatoms. The molecule has 0 radical (unpaired) electrons. The number of esters is 7. The van der Waals surface area contributed by atoms with Crippen molar-refractivity contribution in [3.8, 4) is 23.0 Å². The van der Waals surface area contributed by atoms with Crippen molar-refractivity contribution < 1.29 is 124 Å². The molecule has 0 aliphatic heterocycles. The number of nitrogens with zero attached hydrogens (tertiary/aromatic N) is 12. The molecule has 0 unspecified atom stereocenters. The molecule has 0 atom stereocenters. The summed E-state index contributed by atoms with van der Waals surface area (Å²) in [7, 11) is 23.4. The highest BCUT2D eigenvalue weighted by Gasteiger charge is 2.29. The quantitative estimate of drug-likeness (QED) is 0.0212. The molecule has 0 aromatic carbocycles. The van der Waals surface area contributed by atoms with E-state index in [2.05, 4.69) is 42.0 Å². The molecule has 730 valence electrons. The van der Waals surface area contributed by atoms with E-state index in [9.17, 15) is 71.9 Å². The first-order valence-corrected chi connectivity index (χ1v) is 40.8. The number of nitrogens with one attached hydrogen (secondary N) is 7. The lowest BCUT2D eigenvalue weighted by atomic mass is 10.2. The van der Waals surface area contributed by atoms with Gasteiger partial charge in [0.15, 0.2) is 0 Å². The van der Waals surface area contributed by atoms with E-state index >= 15 is 0 Å². The number of aromatic nitrogens is 12.